The highest BCUT2D eigenvalue weighted by Gasteiger charge is 2.25. The third kappa shape index (κ3) is 9.72. The molecule has 0 spiro atoms. The minimum Gasteiger partial charge on any atom is -0.473 e. The number of aliphatic carboxylic acids is 2. The van der Waals surface area contributed by atoms with Gasteiger partial charge in [-0.05, 0) is 29.9 Å². The minimum absolute atomic E-state index is 0.0602. The lowest BCUT2D eigenvalue weighted by Crippen LogP contribution is -2.40. The molecule has 0 aliphatic carbocycles. The van der Waals surface area contributed by atoms with Gasteiger partial charge in [0.1, 0.15) is 6.10 Å². The Morgan fingerprint density at radius 3 is 1.76 bits per heavy atom. The van der Waals surface area contributed by atoms with E-state index in [0.717, 1.165) is 25.9 Å². The van der Waals surface area contributed by atoms with E-state index in [0.29, 0.717) is 19.1 Å². The molecule has 2 aromatic rings. The van der Waals surface area contributed by atoms with Crippen LogP contribution in [0.25, 0.3) is 0 Å². The van der Waals surface area contributed by atoms with Crippen molar-refractivity contribution in [2.45, 2.75) is 38.9 Å². The maximum atomic E-state index is 11.9. The van der Waals surface area contributed by atoms with Gasteiger partial charge >= 0.3 is 17.9 Å². The number of rotatable bonds is 8. The van der Waals surface area contributed by atoms with Crippen LogP contribution >= 0.6 is 0 Å². The zero-order valence-corrected chi connectivity index (χ0v) is 19.6. The second-order valence-electron chi connectivity index (χ2n) is 8.50. The predicted octanol–water partition coefficient (Wildman–Crippen LogP) is 3.61. The van der Waals surface area contributed by atoms with Gasteiger partial charge < -0.3 is 19.7 Å². The molecule has 1 aliphatic rings. The lowest BCUT2D eigenvalue weighted by molar-refractivity contribution is -0.159. The Balaban J connectivity index is 0.000000604. The van der Waals surface area contributed by atoms with Crippen LogP contribution in [-0.2, 0) is 23.9 Å². The average Bonchev–Trinajstić information content (AvgIpc) is 2.83. The summed E-state index contributed by atoms with van der Waals surface area (Å²) in [6.45, 7) is 6.68. The van der Waals surface area contributed by atoms with Gasteiger partial charge in [-0.3, -0.25) is 9.69 Å². The first-order chi connectivity index (χ1) is 16.3. The molecule has 8 heteroatoms. The van der Waals surface area contributed by atoms with Gasteiger partial charge in [-0.25, -0.2) is 9.59 Å². The summed E-state index contributed by atoms with van der Waals surface area (Å²) in [5.74, 6) is -3.40. The molecular weight excluding hydrogens is 438 g/mol. The van der Waals surface area contributed by atoms with E-state index in [1.165, 1.54) is 11.1 Å². The first-order valence-corrected chi connectivity index (χ1v) is 11.4. The molecule has 0 unspecified atom stereocenters. The van der Waals surface area contributed by atoms with Crippen LogP contribution in [-0.4, -0.2) is 65.4 Å². The number of hydrogen-bond donors (Lipinski definition) is 2. The molecule has 34 heavy (non-hydrogen) atoms. The van der Waals surface area contributed by atoms with Crippen molar-refractivity contribution in [2.75, 3.05) is 26.2 Å². The quantitative estimate of drug-likeness (QED) is 0.443. The average molecular weight is 472 g/mol. The van der Waals surface area contributed by atoms with E-state index in [2.05, 4.69) is 53.4 Å². The first-order valence-electron chi connectivity index (χ1n) is 11.4. The second-order valence-corrected chi connectivity index (χ2v) is 8.50. The van der Waals surface area contributed by atoms with Crippen LogP contribution in [0.4, 0.5) is 0 Å². The van der Waals surface area contributed by atoms with Crippen molar-refractivity contribution in [1.82, 2.24) is 4.90 Å². The van der Waals surface area contributed by atoms with Gasteiger partial charge in [-0.15, -0.1) is 0 Å². The molecule has 0 radical (unpaired) electrons. The predicted molar refractivity (Wildman–Crippen MR) is 126 cm³/mol. The van der Waals surface area contributed by atoms with Crippen LogP contribution in [0.3, 0.4) is 0 Å². The molecule has 2 N–H and O–H groups in total. The normalized spacial score (nSPS) is 14.4. The van der Waals surface area contributed by atoms with Gasteiger partial charge in [0.05, 0.1) is 19.3 Å². The van der Waals surface area contributed by atoms with E-state index in [9.17, 15) is 4.79 Å². The standard InChI is InChI=1S/C24H31NO3.C2H2O4/c1-19(2)18-27-23(26)17-25-15-13-22(14-16-25)28-24(20-9-5-3-6-10-20)21-11-7-4-8-12-21;3-1(4)2(5)6/h3-12,19,22,24H,13-18H2,1-2H3;(H,3,4)(H,5,6). The lowest BCUT2D eigenvalue weighted by atomic mass is 10.00. The molecule has 1 saturated heterocycles. The van der Waals surface area contributed by atoms with Gasteiger partial charge in [-0.1, -0.05) is 74.5 Å². The molecule has 8 nitrogen and oxygen atoms in total. The third-order valence-corrected chi connectivity index (χ3v) is 5.18. The molecule has 0 amide bonds. The topological polar surface area (TPSA) is 113 Å². The van der Waals surface area contributed by atoms with Crippen molar-refractivity contribution in [3.8, 4) is 0 Å². The van der Waals surface area contributed by atoms with Crippen LogP contribution in [0.5, 0.6) is 0 Å². The van der Waals surface area contributed by atoms with Crippen LogP contribution in [0.1, 0.15) is 43.9 Å². The van der Waals surface area contributed by atoms with Crippen molar-refractivity contribution in [3.63, 3.8) is 0 Å². The fourth-order valence-electron chi connectivity index (χ4n) is 3.49. The van der Waals surface area contributed by atoms with Gasteiger partial charge in [0.15, 0.2) is 0 Å². The van der Waals surface area contributed by atoms with Gasteiger partial charge in [0, 0.05) is 13.1 Å². The zero-order chi connectivity index (χ0) is 24.9. The molecular formula is C26H33NO7. The van der Waals surface area contributed by atoms with E-state index in [4.69, 9.17) is 29.3 Å². The van der Waals surface area contributed by atoms with Crippen LogP contribution in [0.15, 0.2) is 60.7 Å². The summed E-state index contributed by atoms with van der Waals surface area (Å²) >= 11 is 0. The van der Waals surface area contributed by atoms with E-state index < -0.39 is 11.9 Å². The fourth-order valence-corrected chi connectivity index (χ4v) is 3.49. The van der Waals surface area contributed by atoms with Crippen LogP contribution < -0.4 is 0 Å². The summed E-state index contributed by atoms with van der Waals surface area (Å²) in [5.41, 5.74) is 2.35. The molecule has 1 heterocycles. The van der Waals surface area contributed by atoms with Crippen molar-refractivity contribution >= 4 is 17.9 Å². The summed E-state index contributed by atoms with van der Waals surface area (Å²) in [5, 5.41) is 14.8. The van der Waals surface area contributed by atoms with Gasteiger partial charge in [0.2, 0.25) is 0 Å². The lowest BCUT2D eigenvalue weighted by Gasteiger charge is -2.33. The second kappa shape index (κ2) is 14.1. The number of ether oxygens (including phenoxy) is 2. The van der Waals surface area contributed by atoms with Crippen molar-refractivity contribution in [3.05, 3.63) is 71.8 Å². The first kappa shape index (κ1) is 27.0. The van der Waals surface area contributed by atoms with E-state index in [1.807, 2.05) is 26.0 Å². The number of esters is 1. The number of likely N-dealkylation sites (tertiary alicyclic amines) is 1. The van der Waals surface area contributed by atoms with E-state index in [1.54, 1.807) is 0 Å². The summed E-state index contributed by atoms with van der Waals surface area (Å²) in [4.78, 5) is 32.3. The zero-order valence-electron chi connectivity index (χ0n) is 19.6. The summed E-state index contributed by atoms with van der Waals surface area (Å²) in [6.07, 6.45) is 1.98. The Kier molecular flexibility index (Phi) is 11.2. The largest absolute Gasteiger partial charge is 0.473 e. The van der Waals surface area contributed by atoms with Crippen LogP contribution in [0, 0.1) is 5.92 Å². The van der Waals surface area contributed by atoms with Crippen LogP contribution in [0.2, 0.25) is 0 Å². The smallest absolute Gasteiger partial charge is 0.414 e. The van der Waals surface area contributed by atoms with Gasteiger partial charge in [0.25, 0.3) is 0 Å². The number of piperidine rings is 1. The van der Waals surface area contributed by atoms with E-state index >= 15 is 0 Å². The third-order valence-electron chi connectivity index (χ3n) is 5.18. The van der Waals surface area contributed by atoms with Crippen molar-refractivity contribution in [1.29, 1.82) is 0 Å². The molecule has 0 saturated carbocycles. The molecule has 184 valence electrons. The Morgan fingerprint density at radius 2 is 1.35 bits per heavy atom. The number of carbonyl (C=O) groups excluding carboxylic acids is 1. The van der Waals surface area contributed by atoms with Crippen molar-refractivity contribution in [2.24, 2.45) is 5.92 Å². The fraction of sp³-hybridized carbons (Fsp3) is 0.423. The molecule has 0 bridgehead atoms. The number of hydrogen-bond acceptors (Lipinski definition) is 6. The monoisotopic (exact) mass is 471 g/mol. The number of carbonyl (C=O) groups is 3. The highest BCUT2D eigenvalue weighted by molar-refractivity contribution is 6.27. The summed E-state index contributed by atoms with van der Waals surface area (Å²) in [6, 6.07) is 20.8. The number of nitrogens with zero attached hydrogens (tertiary/aromatic N) is 1. The number of benzene rings is 2. The maximum absolute atomic E-state index is 11.9. The van der Waals surface area contributed by atoms with Gasteiger partial charge in [-0.2, -0.15) is 0 Å². The minimum atomic E-state index is -1.82. The Bertz CT molecular complexity index is 842. The molecule has 3 rings (SSSR count). The van der Waals surface area contributed by atoms with E-state index in [-0.39, 0.29) is 18.2 Å². The molecule has 2 aromatic carbocycles. The molecule has 1 aliphatic heterocycles. The molecule has 1 fully saturated rings. The van der Waals surface area contributed by atoms with Crippen molar-refractivity contribution < 1.29 is 34.1 Å². The summed E-state index contributed by atoms with van der Waals surface area (Å²) in [7, 11) is 0. The Morgan fingerprint density at radius 1 is 0.882 bits per heavy atom. The maximum Gasteiger partial charge on any atom is 0.414 e. The highest BCUT2D eigenvalue weighted by atomic mass is 16.5. The molecule has 0 atom stereocenters. The highest BCUT2D eigenvalue weighted by Crippen LogP contribution is 2.29. The molecule has 0 aromatic heterocycles. The summed E-state index contributed by atoms with van der Waals surface area (Å²) < 4.78 is 11.9. The Labute approximate surface area is 200 Å². The number of carboxylic acids is 2. The Hall–Kier alpha value is -3.23. The number of carboxylic acid groups (broad SMARTS) is 2. The SMILES string of the molecule is CC(C)COC(=O)CN1CCC(OC(c2ccccc2)c2ccccc2)CC1.O=C(O)C(=O)O.